The van der Waals surface area contributed by atoms with Crippen molar-refractivity contribution in [1.82, 2.24) is 15.3 Å². The number of nitrogens with one attached hydrogen (secondary N) is 1. The van der Waals surface area contributed by atoms with Gasteiger partial charge in [0.1, 0.15) is 17.5 Å². The lowest BCUT2D eigenvalue weighted by molar-refractivity contribution is 0.482. The molecule has 0 fully saturated rings. The van der Waals surface area contributed by atoms with Crippen molar-refractivity contribution in [2.24, 2.45) is 0 Å². The molecule has 1 unspecified atom stereocenters. The molecule has 1 N–H and O–H groups in total. The van der Waals surface area contributed by atoms with Crippen LogP contribution in [0.3, 0.4) is 0 Å². The van der Waals surface area contributed by atoms with Crippen LogP contribution >= 0.6 is 0 Å². The molecule has 0 aliphatic carbocycles. The van der Waals surface area contributed by atoms with E-state index in [0.29, 0.717) is 24.4 Å². The van der Waals surface area contributed by atoms with E-state index in [4.69, 9.17) is 0 Å². The smallest absolute Gasteiger partial charge is 0.134 e. The van der Waals surface area contributed by atoms with Crippen LogP contribution in [0.5, 0.6) is 0 Å². The Bertz CT molecular complexity index is 552. The molecule has 1 heterocycles. The van der Waals surface area contributed by atoms with Gasteiger partial charge in [-0.2, -0.15) is 0 Å². The van der Waals surface area contributed by atoms with Crippen molar-refractivity contribution in [2.45, 2.75) is 19.4 Å². The Morgan fingerprint density at radius 2 is 1.85 bits per heavy atom. The molecule has 0 amide bonds. The Balaban J connectivity index is 2.47. The fourth-order valence-corrected chi connectivity index (χ4v) is 1.93. The lowest BCUT2D eigenvalue weighted by Gasteiger charge is -2.19. The van der Waals surface area contributed by atoms with Crippen LogP contribution in [0.4, 0.5) is 13.2 Å². The van der Waals surface area contributed by atoms with Crippen LogP contribution in [0, 0.1) is 17.5 Å². The molecule has 1 atom stereocenters. The van der Waals surface area contributed by atoms with Gasteiger partial charge in [0.25, 0.3) is 0 Å². The standard InChI is InChI=1S/C14H14F3N3/c1-2-3-20-14(12-8-18-4-5-19-12)13-10(16)6-9(15)7-11(13)17/h4-8,14,20H,2-3H2,1H3. The third-order valence-electron chi connectivity index (χ3n) is 2.81. The lowest BCUT2D eigenvalue weighted by atomic mass is 10.0. The molecule has 0 spiro atoms. The molecule has 0 saturated heterocycles. The molecule has 6 heteroatoms. The zero-order valence-electron chi connectivity index (χ0n) is 10.9. The molecular weight excluding hydrogens is 267 g/mol. The van der Waals surface area contributed by atoms with E-state index in [1.807, 2.05) is 6.92 Å². The summed E-state index contributed by atoms with van der Waals surface area (Å²) in [5.74, 6) is -2.83. The van der Waals surface area contributed by atoms with Crippen LogP contribution in [0.1, 0.15) is 30.6 Å². The first kappa shape index (κ1) is 14.5. The fourth-order valence-electron chi connectivity index (χ4n) is 1.93. The summed E-state index contributed by atoms with van der Waals surface area (Å²) in [5, 5.41) is 3.00. The van der Waals surface area contributed by atoms with Crippen LogP contribution < -0.4 is 5.32 Å². The number of aromatic nitrogens is 2. The van der Waals surface area contributed by atoms with Crippen molar-refractivity contribution in [3.05, 3.63) is 59.4 Å². The zero-order chi connectivity index (χ0) is 14.5. The quantitative estimate of drug-likeness (QED) is 0.915. The van der Waals surface area contributed by atoms with Gasteiger partial charge >= 0.3 is 0 Å². The van der Waals surface area contributed by atoms with Gasteiger partial charge in [-0.15, -0.1) is 0 Å². The van der Waals surface area contributed by atoms with Gasteiger partial charge in [-0.1, -0.05) is 6.92 Å². The van der Waals surface area contributed by atoms with E-state index in [1.54, 1.807) is 0 Å². The molecule has 106 valence electrons. The topological polar surface area (TPSA) is 37.8 Å². The summed E-state index contributed by atoms with van der Waals surface area (Å²) < 4.78 is 40.8. The molecule has 1 aromatic carbocycles. The maximum Gasteiger partial charge on any atom is 0.134 e. The summed E-state index contributed by atoms with van der Waals surface area (Å²) in [6.45, 7) is 2.47. The predicted molar refractivity (Wildman–Crippen MR) is 68.5 cm³/mol. The van der Waals surface area contributed by atoms with Crippen LogP contribution in [0.15, 0.2) is 30.7 Å². The number of nitrogens with zero attached hydrogens (tertiary/aromatic N) is 2. The highest BCUT2D eigenvalue weighted by atomic mass is 19.1. The molecule has 0 radical (unpaired) electrons. The summed E-state index contributed by atoms with van der Waals surface area (Å²) in [7, 11) is 0. The average Bonchev–Trinajstić information content (AvgIpc) is 2.42. The summed E-state index contributed by atoms with van der Waals surface area (Å²) in [6, 6.07) is 0.523. The highest BCUT2D eigenvalue weighted by Crippen LogP contribution is 2.26. The van der Waals surface area contributed by atoms with Gasteiger partial charge in [-0.25, -0.2) is 13.2 Å². The summed E-state index contributed by atoms with van der Waals surface area (Å²) in [6.07, 6.45) is 5.11. The number of benzene rings is 1. The Morgan fingerprint density at radius 1 is 1.15 bits per heavy atom. The van der Waals surface area contributed by atoms with E-state index in [0.717, 1.165) is 6.42 Å². The Kier molecular flexibility index (Phi) is 4.68. The van der Waals surface area contributed by atoms with Gasteiger partial charge in [0.2, 0.25) is 0 Å². The fraction of sp³-hybridized carbons (Fsp3) is 0.286. The third-order valence-corrected chi connectivity index (χ3v) is 2.81. The number of hydrogen-bond acceptors (Lipinski definition) is 3. The number of hydrogen-bond donors (Lipinski definition) is 1. The van der Waals surface area contributed by atoms with Gasteiger partial charge in [-0.3, -0.25) is 9.97 Å². The molecule has 2 rings (SSSR count). The van der Waals surface area contributed by atoms with Crippen molar-refractivity contribution >= 4 is 0 Å². The van der Waals surface area contributed by atoms with Crippen molar-refractivity contribution in [3.8, 4) is 0 Å². The zero-order valence-corrected chi connectivity index (χ0v) is 10.9. The largest absolute Gasteiger partial charge is 0.305 e. The minimum atomic E-state index is -0.947. The summed E-state index contributed by atoms with van der Waals surface area (Å²) >= 11 is 0. The molecule has 20 heavy (non-hydrogen) atoms. The first-order valence-corrected chi connectivity index (χ1v) is 6.27. The third kappa shape index (κ3) is 3.14. The monoisotopic (exact) mass is 281 g/mol. The molecule has 0 saturated carbocycles. The first-order valence-electron chi connectivity index (χ1n) is 6.27. The SMILES string of the molecule is CCCNC(c1cnccn1)c1c(F)cc(F)cc1F. The highest BCUT2D eigenvalue weighted by Gasteiger charge is 2.23. The average molecular weight is 281 g/mol. The molecule has 0 aliphatic heterocycles. The summed E-state index contributed by atoms with van der Waals surface area (Å²) in [4.78, 5) is 7.96. The lowest BCUT2D eigenvalue weighted by Crippen LogP contribution is -2.26. The minimum Gasteiger partial charge on any atom is -0.305 e. The second-order valence-electron chi connectivity index (χ2n) is 4.30. The van der Waals surface area contributed by atoms with Gasteiger partial charge in [0, 0.05) is 30.1 Å². The van der Waals surface area contributed by atoms with Crippen molar-refractivity contribution < 1.29 is 13.2 Å². The van der Waals surface area contributed by atoms with E-state index in [-0.39, 0.29) is 5.56 Å². The van der Waals surface area contributed by atoms with E-state index in [1.165, 1.54) is 18.6 Å². The predicted octanol–water partition coefficient (Wildman–Crippen LogP) is 2.98. The van der Waals surface area contributed by atoms with Crippen molar-refractivity contribution in [2.75, 3.05) is 6.54 Å². The molecule has 2 aromatic rings. The van der Waals surface area contributed by atoms with Gasteiger partial charge < -0.3 is 5.32 Å². The maximum absolute atomic E-state index is 13.9. The van der Waals surface area contributed by atoms with Crippen LogP contribution in [0.25, 0.3) is 0 Å². The molecule has 1 aromatic heterocycles. The van der Waals surface area contributed by atoms with Crippen LogP contribution in [0.2, 0.25) is 0 Å². The van der Waals surface area contributed by atoms with E-state index in [2.05, 4.69) is 15.3 Å². The Hall–Kier alpha value is -1.95. The second-order valence-corrected chi connectivity index (χ2v) is 4.30. The number of rotatable bonds is 5. The van der Waals surface area contributed by atoms with E-state index in [9.17, 15) is 13.2 Å². The van der Waals surface area contributed by atoms with E-state index < -0.39 is 23.5 Å². The Labute approximate surface area is 114 Å². The van der Waals surface area contributed by atoms with Gasteiger partial charge in [0.05, 0.1) is 17.9 Å². The molecule has 3 nitrogen and oxygen atoms in total. The minimum absolute atomic E-state index is 0.250. The number of halogens is 3. The second kappa shape index (κ2) is 6.47. The van der Waals surface area contributed by atoms with Gasteiger partial charge in [-0.05, 0) is 13.0 Å². The highest BCUT2D eigenvalue weighted by molar-refractivity contribution is 5.30. The van der Waals surface area contributed by atoms with Crippen molar-refractivity contribution in [3.63, 3.8) is 0 Å². The van der Waals surface area contributed by atoms with Crippen LogP contribution in [-0.2, 0) is 0 Å². The first-order chi connectivity index (χ1) is 9.63. The maximum atomic E-state index is 13.9. The molecule has 0 aliphatic rings. The van der Waals surface area contributed by atoms with Crippen LogP contribution in [-0.4, -0.2) is 16.5 Å². The molecule has 0 bridgehead atoms. The normalized spacial score (nSPS) is 12.4. The van der Waals surface area contributed by atoms with E-state index >= 15 is 0 Å². The summed E-state index contributed by atoms with van der Waals surface area (Å²) in [5.41, 5.74) is 0.130. The van der Waals surface area contributed by atoms with Gasteiger partial charge in [0.15, 0.2) is 0 Å². The Morgan fingerprint density at radius 3 is 2.40 bits per heavy atom. The molecular formula is C14H14F3N3. The van der Waals surface area contributed by atoms with Crippen molar-refractivity contribution in [1.29, 1.82) is 0 Å².